The van der Waals surface area contributed by atoms with Crippen LogP contribution < -0.4 is 6.15 Å². The van der Waals surface area contributed by atoms with E-state index in [0.717, 1.165) is 0 Å². The Labute approximate surface area is 67.8 Å². The smallest absolute Gasteiger partial charge is 0.291 e. The molecule has 0 aliphatic rings. The zero-order chi connectivity index (χ0) is 3.58. The molecule has 0 heterocycles. The van der Waals surface area contributed by atoms with E-state index in [1.165, 1.54) is 0 Å². The van der Waals surface area contributed by atoms with Gasteiger partial charge in [0.1, 0.15) is 0 Å². The van der Waals surface area contributed by atoms with Crippen molar-refractivity contribution in [3.63, 3.8) is 0 Å². The molecule has 0 saturated carbocycles. The molecule has 0 saturated heterocycles. The molecule has 0 unspecified atom stereocenters. The number of hydrogen-bond donors (Lipinski definition) is 2. The maximum atomic E-state index is 8.36. The van der Waals surface area contributed by atoms with E-state index < -0.39 is 5.09 Å². The predicted molar refractivity (Wildman–Crippen MR) is 13.8 cm³/mol. The van der Waals surface area contributed by atoms with E-state index >= 15 is 0 Å². The van der Waals surface area contributed by atoms with Crippen molar-refractivity contribution in [3.8, 4) is 0 Å². The van der Waals surface area contributed by atoms with Gasteiger partial charge in [0, 0.05) is 41.7 Å². The molecular formula is H4CeN2O3. The first-order chi connectivity index (χ1) is 1.73. The van der Waals surface area contributed by atoms with Gasteiger partial charge in [-0.1, -0.05) is 0 Å². The van der Waals surface area contributed by atoms with Gasteiger partial charge in [-0.15, -0.1) is 10.1 Å². The van der Waals surface area contributed by atoms with Gasteiger partial charge in [-0.2, -0.15) is 0 Å². The summed E-state index contributed by atoms with van der Waals surface area (Å²) in [7, 11) is 0. The summed E-state index contributed by atoms with van der Waals surface area (Å²) in [5, 5.41) is 13.6. The Balaban J connectivity index is -0.0000000450. The molecule has 6 heteroatoms. The van der Waals surface area contributed by atoms with Gasteiger partial charge in [0.15, 0.2) is 0 Å². The standard InChI is InChI=1S/Ce.HNO3.H3N/c;2-1(3)4;/h;(H,2,3,4);1H3. The van der Waals surface area contributed by atoms with Crippen LogP contribution >= 0.6 is 0 Å². The molecule has 5 nitrogen and oxygen atoms in total. The molecule has 0 aromatic rings. The summed E-state index contributed by atoms with van der Waals surface area (Å²) in [6, 6.07) is 0. The van der Waals surface area contributed by atoms with E-state index in [1.54, 1.807) is 0 Å². The first-order valence-corrected chi connectivity index (χ1v) is 0.565. The molecule has 0 atom stereocenters. The van der Waals surface area contributed by atoms with Crippen LogP contribution in [0.2, 0.25) is 0 Å². The molecule has 0 rings (SSSR count). The van der Waals surface area contributed by atoms with Crippen molar-refractivity contribution in [2.45, 2.75) is 0 Å². The van der Waals surface area contributed by atoms with Crippen LogP contribution in [0.25, 0.3) is 0 Å². The maximum absolute atomic E-state index is 8.36. The van der Waals surface area contributed by atoms with E-state index in [2.05, 4.69) is 0 Å². The molecule has 0 aliphatic carbocycles. The fourth-order valence-corrected chi connectivity index (χ4v) is 0. The number of rotatable bonds is 0. The Morgan fingerprint density at radius 3 is 1.67 bits per heavy atom. The van der Waals surface area contributed by atoms with Crippen LogP contribution in [0.3, 0.4) is 0 Å². The van der Waals surface area contributed by atoms with Crippen LogP contribution in [0, 0.1) is 51.9 Å². The van der Waals surface area contributed by atoms with Crippen LogP contribution in [0.1, 0.15) is 0 Å². The predicted octanol–water partition coefficient (Wildman–Crippen LogP) is -0.186. The van der Waals surface area contributed by atoms with Crippen LogP contribution in [0.4, 0.5) is 0 Å². The second-order valence-corrected chi connectivity index (χ2v) is 0.238. The molecule has 4 N–H and O–H groups in total. The van der Waals surface area contributed by atoms with Gasteiger partial charge in [0.2, 0.25) is 0 Å². The minimum Gasteiger partial charge on any atom is -0.344 e. The molecule has 0 radical (unpaired) electrons. The topological polar surface area (TPSA) is 98.4 Å². The van der Waals surface area contributed by atoms with Gasteiger partial charge in [-0.05, 0) is 0 Å². The molecule has 0 bridgehead atoms. The van der Waals surface area contributed by atoms with E-state index in [0.29, 0.717) is 0 Å². The molecule has 0 aromatic heterocycles. The van der Waals surface area contributed by atoms with Crippen molar-refractivity contribution < 1.29 is 52.0 Å². The first-order valence-electron chi connectivity index (χ1n) is 0.565. The average molecular weight is 220 g/mol. The first kappa shape index (κ1) is 16.0. The minimum absolute atomic E-state index is 0. The second-order valence-electron chi connectivity index (χ2n) is 0.238. The molecule has 6 heavy (non-hydrogen) atoms. The molecule has 0 fully saturated rings. The van der Waals surface area contributed by atoms with Crippen LogP contribution in [-0.4, -0.2) is 10.3 Å². The normalized spacial score (nSPS) is 4.00. The van der Waals surface area contributed by atoms with Crippen LogP contribution in [0.5, 0.6) is 0 Å². The molecule has 0 aromatic carbocycles. The van der Waals surface area contributed by atoms with Gasteiger partial charge < -0.3 is 11.4 Å². The Morgan fingerprint density at radius 2 is 1.67 bits per heavy atom. The van der Waals surface area contributed by atoms with E-state index in [-0.39, 0.29) is 47.9 Å². The van der Waals surface area contributed by atoms with E-state index in [1.807, 2.05) is 0 Å². The third-order valence-corrected chi connectivity index (χ3v) is 0. The van der Waals surface area contributed by atoms with Gasteiger partial charge in [0.05, 0.1) is 0 Å². The Morgan fingerprint density at radius 1 is 1.67 bits per heavy atom. The van der Waals surface area contributed by atoms with Crippen molar-refractivity contribution >= 4 is 0 Å². The zero-order valence-corrected chi connectivity index (χ0v) is 6.06. The molecule has 36 valence electrons. The van der Waals surface area contributed by atoms with Crippen LogP contribution in [-0.2, 0) is 0 Å². The summed E-state index contributed by atoms with van der Waals surface area (Å²) < 4.78 is 0. The molecule has 0 aliphatic heterocycles. The second kappa shape index (κ2) is 9.11. The van der Waals surface area contributed by atoms with Crippen molar-refractivity contribution in [1.29, 1.82) is 0 Å². The average Bonchev–Trinajstić information content (AvgIpc) is 0.811. The molecule has 0 spiro atoms. The van der Waals surface area contributed by atoms with Crippen molar-refractivity contribution in [1.82, 2.24) is 6.15 Å². The minimum atomic E-state index is -1.50. The van der Waals surface area contributed by atoms with Gasteiger partial charge >= 0.3 is 0 Å². The summed E-state index contributed by atoms with van der Waals surface area (Å²) >= 11 is 0. The zero-order valence-electron chi connectivity index (χ0n) is 2.92. The third-order valence-electron chi connectivity index (χ3n) is 0. The summed E-state index contributed by atoms with van der Waals surface area (Å²) in [5.74, 6) is 0. The van der Waals surface area contributed by atoms with Gasteiger partial charge in [-0.25, -0.2) is 0 Å². The van der Waals surface area contributed by atoms with E-state index in [4.69, 9.17) is 15.3 Å². The Hall–Kier alpha value is 0.537. The molecular weight excluding hydrogens is 216 g/mol. The number of hydrogen-bond acceptors (Lipinski definition) is 3. The summed E-state index contributed by atoms with van der Waals surface area (Å²) in [6.45, 7) is 0. The third kappa shape index (κ3) is 197. The summed E-state index contributed by atoms with van der Waals surface area (Å²) in [5.41, 5.74) is 0. The molecule has 0 amide bonds. The fraction of sp³-hybridized carbons (Fsp3) is 0. The van der Waals surface area contributed by atoms with Crippen molar-refractivity contribution in [3.05, 3.63) is 10.1 Å². The van der Waals surface area contributed by atoms with Crippen LogP contribution in [0.15, 0.2) is 0 Å². The largest absolute Gasteiger partial charge is 0.344 e. The monoisotopic (exact) mass is 220 g/mol. The van der Waals surface area contributed by atoms with Crippen molar-refractivity contribution in [2.75, 3.05) is 0 Å². The van der Waals surface area contributed by atoms with Gasteiger partial charge in [0.25, 0.3) is 5.09 Å². The quantitative estimate of drug-likeness (QED) is 0.436. The Bertz CT molecular complexity index is 31.8. The SMILES string of the molecule is N.O=[N+]([O-])O.[Ce]. The maximum Gasteiger partial charge on any atom is 0.291 e. The van der Waals surface area contributed by atoms with Crippen molar-refractivity contribution in [2.24, 2.45) is 0 Å². The fourth-order valence-electron chi connectivity index (χ4n) is 0. The van der Waals surface area contributed by atoms with E-state index in [9.17, 15) is 0 Å². The summed E-state index contributed by atoms with van der Waals surface area (Å²) in [4.78, 5) is 8.36. The van der Waals surface area contributed by atoms with Gasteiger partial charge in [-0.3, -0.25) is 0 Å². The number of nitrogens with zero attached hydrogens (tertiary/aromatic N) is 1. The summed E-state index contributed by atoms with van der Waals surface area (Å²) in [6.07, 6.45) is 0. The Kier molecular flexibility index (Phi) is 24.3.